The fourth-order valence-corrected chi connectivity index (χ4v) is 2.91. The van der Waals surface area contributed by atoms with Crippen LogP contribution in [-0.2, 0) is 4.79 Å². The molecule has 0 aliphatic heterocycles. The van der Waals surface area contributed by atoms with Gasteiger partial charge in [0.2, 0.25) is 11.7 Å². The van der Waals surface area contributed by atoms with Crippen LogP contribution in [0.1, 0.15) is 37.7 Å². The largest absolute Gasteiger partial charge is 0.493 e. The number of methoxy groups -OCH3 is 3. The average Bonchev–Trinajstić information content (AvgIpc) is 2.66. The molecule has 0 aromatic heterocycles. The molecule has 1 N–H and O–H groups in total. The Labute approximate surface area is 149 Å². The van der Waals surface area contributed by atoms with Crippen molar-refractivity contribution in [1.29, 1.82) is 0 Å². The van der Waals surface area contributed by atoms with Crippen molar-refractivity contribution in [2.24, 2.45) is 0 Å². The molecule has 136 valence electrons. The molecule has 0 radical (unpaired) electrons. The first-order valence-corrected chi connectivity index (χ1v) is 8.61. The molecule has 1 aliphatic rings. The lowest BCUT2D eigenvalue weighted by atomic mass is 9.97. The molecule has 2 rings (SSSR count). The SMILES string of the molecule is COc1cc(/C=C/C(=O)NCCC2=CCCCC2)cc(OC)c1OC. The van der Waals surface area contributed by atoms with Gasteiger partial charge in [-0.2, -0.15) is 0 Å². The first-order valence-electron chi connectivity index (χ1n) is 8.61. The van der Waals surface area contributed by atoms with E-state index in [9.17, 15) is 4.79 Å². The normalized spacial score (nSPS) is 14.1. The molecule has 0 saturated carbocycles. The second-order valence-corrected chi connectivity index (χ2v) is 5.94. The van der Waals surface area contributed by atoms with Crippen LogP contribution in [0.3, 0.4) is 0 Å². The Balaban J connectivity index is 1.93. The summed E-state index contributed by atoms with van der Waals surface area (Å²) in [4.78, 5) is 12.0. The van der Waals surface area contributed by atoms with Crippen LogP contribution in [0.25, 0.3) is 6.08 Å². The Bertz CT molecular complexity index is 624. The number of benzene rings is 1. The molecule has 5 nitrogen and oxygen atoms in total. The van der Waals surface area contributed by atoms with Crippen molar-refractivity contribution < 1.29 is 19.0 Å². The van der Waals surface area contributed by atoms with E-state index in [0.717, 1.165) is 18.4 Å². The van der Waals surface area contributed by atoms with E-state index in [1.54, 1.807) is 39.5 Å². The molecule has 25 heavy (non-hydrogen) atoms. The third-order valence-electron chi connectivity index (χ3n) is 4.24. The van der Waals surface area contributed by atoms with Crippen molar-refractivity contribution in [1.82, 2.24) is 5.32 Å². The standard InChI is InChI=1S/C20H27NO4/c1-23-17-13-16(14-18(24-2)20(17)25-3)9-10-19(22)21-12-11-15-7-5-4-6-8-15/h7,9-10,13-14H,4-6,8,11-12H2,1-3H3,(H,21,22)/b10-9+. The molecule has 0 unspecified atom stereocenters. The van der Waals surface area contributed by atoms with E-state index in [1.807, 2.05) is 0 Å². The Morgan fingerprint density at radius 1 is 1.12 bits per heavy atom. The lowest BCUT2D eigenvalue weighted by Gasteiger charge is -2.13. The van der Waals surface area contributed by atoms with Crippen LogP contribution < -0.4 is 19.5 Å². The van der Waals surface area contributed by atoms with Crippen LogP contribution in [0.15, 0.2) is 29.9 Å². The summed E-state index contributed by atoms with van der Waals surface area (Å²) >= 11 is 0. The van der Waals surface area contributed by atoms with Gasteiger partial charge in [0.1, 0.15) is 0 Å². The van der Waals surface area contributed by atoms with Gasteiger partial charge in [-0.1, -0.05) is 11.6 Å². The summed E-state index contributed by atoms with van der Waals surface area (Å²) in [5, 5.41) is 2.93. The summed E-state index contributed by atoms with van der Waals surface area (Å²) in [7, 11) is 4.69. The second-order valence-electron chi connectivity index (χ2n) is 5.94. The minimum atomic E-state index is -0.106. The summed E-state index contributed by atoms with van der Waals surface area (Å²) in [6.07, 6.45) is 11.4. The van der Waals surface area contributed by atoms with Gasteiger partial charge >= 0.3 is 0 Å². The lowest BCUT2D eigenvalue weighted by Crippen LogP contribution is -2.22. The summed E-state index contributed by atoms with van der Waals surface area (Å²) in [6.45, 7) is 0.671. The van der Waals surface area contributed by atoms with E-state index in [1.165, 1.54) is 30.9 Å². The minimum Gasteiger partial charge on any atom is -0.493 e. The zero-order chi connectivity index (χ0) is 18.1. The number of rotatable bonds is 8. The van der Waals surface area contributed by atoms with Crippen molar-refractivity contribution in [2.45, 2.75) is 32.1 Å². The van der Waals surface area contributed by atoms with E-state index in [-0.39, 0.29) is 5.91 Å². The fraction of sp³-hybridized carbons (Fsp3) is 0.450. The Morgan fingerprint density at radius 3 is 2.40 bits per heavy atom. The lowest BCUT2D eigenvalue weighted by molar-refractivity contribution is -0.116. The molecule has 1 aliphatic carbocycles. The Morgan fingerprint density at radius 2 is 1.84 bits per heavy atom. The van der Waals surface area contributed by atoms with Gasteiger partial charge in [0.25, 0.3) is 0 Å². The van der Waals surface area contributed by atoms with Gasteiger partial charge in [0, 0.05) is 12.6 Å². The van der Waals surface area contributed by atoms with Crippen molar-refractivity contribution in [3.05, 3.63) is 35.4 Å². The molecule has 0 atom stereocenters. The second kappa shape index (κ2) is 9.77. The molecule has 0 bridgehead atoms. The highest BCUT2D eigenvalue weighted by Crippen LogP contribution is 2.38. The molecule has 0 fully saturated rings. The number of ether oxygens (including phenoxy) is 3. The highest BCUT2D eigenvalue weighted by atomic mass is 16.5. The van der Waals surface area contributed by atoms with Crippen LogP contribution in [0.2, 0.25) is 0 Å². The first kappa shape index (κ1) is 18.9. The highest BCUT2D eigenvalue weighted by molar-refractivity contribution is 5.91. The number of amides is 1. The molecule has 0 saturated heterocycles. The van der Waals surface area contributed by atoms with Crippen LogP contribution >= 0.6 is 0 Å². The summed E-state index contributed by atoms with van der Waals surface area (Å²) in [5.41, 5.74) is 2.26. The summed E-state index contributed by atoms with van der Waals surface area (Å²) < 4.78 is 15.9. The van der Waals surface area contributed by atoms with Gasteiger partial charge in [0.05, 0.1) is 21.3 Å². The maximum atomic E-state index is 12.0. The van der Waals surface area contributed by atoms with E-state index in [0.29, 0.717) is 23.8 Å². The topological polar surface area (TPSA) is 56.8 Å². The molecular formula is C20H27NO4. The number of carbonyl (C=O) groups excluding carboxylic acids is 1. The third kappa shape index (κ3) is 5.55. The van der Waals surface area contributed by atoms with Gasteiger partial charge in [-0.05, 0) is 55.9 Å². The van der Waals surface area contributed by atoms with Crippen molar-refractivity contribution in [3.63, 3.8) is 0 Å². The summed E-state index contributed by atoms with van der Waals surface area (Å²) in [6, 6.07) is 3.61. The number of hydrogen-bond donors (Lipinski definition) is 1. The maximum Gasteiger partial charge on any atom is 0.244 e. The Kier molecular flexibility index (Phi) is 7.38. The molecule has 1 aromatic carbocycles. The average molecular weight is 345 g/mol. The molecule has 5 heteroatoms. The van der Waals surface area contributed by atoms with Crippen molar-refractivity contribution >= 4 is 12.0 Å². The van der Waals surface area contributed by atoms with Crippen LogP contribution in [0, 0.1) is 0 Å². The number of nitrogens with one attached hydrogen (secondary N) is 1. The van der Waals surface area contributed by atoms with Gasteiger partial charge in [-0.3, -0.25) is 4.79 Å². The number of hydrogen-bond acceptors (Lipinski definition) is 4. The number of carbonyl (C=O) groups is 1. The quantitative estimate of drug-likeness (QED) is 0.576. The molecule has 0 heterocycles. The molecule has 1 aromatic rings. The van der Waals surface area contributed by atoms with E-state index in [4.69, 9.17) is 14.2 Å². The van der Waals surface area contributed by atoms with Gasteiger partial charge in [0.15, 0.2) is 11.5 Å². The van der Waals surface area contributed by atoms with Gasteiger partial charge < -0.3 is 19.5 Å². The van der Waals surface area contributed by atoms with E-state index < -0.39 is 0 Å². The van der Waals surface area contributed by atoms with Crippen LogP contribution in [0.4, 0.5) is 0 Å². The Hall–Kier alpha value is -2.43. The van der Waals surface area contributed by atoms with Crippen molar-refractivity contribution in [3.8, 4) is 17.2 Å². The zero-order valence-corrected chi connectivity index (χ0v) is 15.3. The molecule has 1 amide bonds. The monoisotopic (exact) mass is 345 g/mol. The first-order chi connectivity index (χ1) is 12.2. The van der Waals surface area contributed by atoms with E-state index >= 15 is 0 Å². The van der Waals surface area contributed by atoms with Crippen LogP contribution in [-0.4, -0.2) is 33.8 Å². The molecular weight excluding hydrogens is 318 g/mol. The minimum absolute atomic E-state index is 0.106. The fourth-order valence-electron chi connectivity index (χ4n) is 2.91. The highest BCUT2D eigenvalue weighted by Gasteiger charge is 2.12. The smallest absolute Gasteiger partial charge is 0.244 e. The maximum absolute atomic E-state index is 12.0. The van der Waals surface area contributed by atoms with Crippen LogP contribution in [0.5, 0.6) is 17.2 Å². The predicted molar refractivity (Wildman–Crippen MR) is 99.3 cm³/mol. The van der Waals surface area contributed by atoms with Gasteiger partial charge in [-0.25, -0.2) is 0 Å². The predicted octanol–water partition coefficient (Wildman–Crippen LogP) is 3.73. The summed E-state index contributed by atoms with van der Waals surface area (Å²) in [5.74, 6) is 1.55. The zero-order valence-electron chi connectivity index (χ0n) is 15.3. The third-order valence-corrected chi connectivity index (χ3v) is 4.24. The molecule has 0 spiro atoms. The number of allylic oxidation sites excluding steroid dienone is 1. The van der Waals surface area contributed by atoms with E-state index in [2.05, 4.69) is 11.4 Å². The van der Waals surface area contributed by atoms with Gasteiger partial charge in [-0.15, -0.1) is 0 Å². The van der Waals surface area contributed by atoms with Crippen molar-refractivity contribution in [2.75, 3.05) is 27.9 Å².